The molecule has 0 saturated carbocycles. The van der Waals surface area contributed by atoms with Gasteiger partial charge in [-0.15, -0.1) is 0 Å². The van der Waals surface area contributed by atoms with Gasteiger partial charge < -0.3 is 15.0 Å². The number of piperazine rings is 1. The van der Waals surface area contributed by atoms with E-state index in [4.69, 9.17) is 4.74 Å². The number of hydrogen-bond acceptors (Lipinski definition) is 4. The van der Waals surface area contributed by atoms with Crippen molar-refractivity contribution in [2.45, 2.75) is 33.3 Å². The highest BCUT2D eigenvalue weighted by Crippen LogP contribution is 2.11. The first-order valence-corrected chi connectivity index (χ1v) is 11.9. The fraction of sp³-hybridized carbons (Fsp3) is 0.650. The summed E-state index contributed by atoms with van der Waals surface area (Å²) in [5.74, 6) is -0.532. The summed E-state index contributed by atoms with van der Waals surface area (Å²) in [4.78, 5) is 6.54. The number of aliphatic imine (C=N–C) groups is 1. The highest BCUT2D eigenvalue weighted by Gasteiger charge is 2.28. The van der Waals surface area contributed by atoms with Gasteiger partial charge in [0.2, 0.25) is 10.0 Å². The Kier molecular flexibility index (Phi) is 9.44. The number of hydrogen-bond donors (Lipinski definition) is 1. The van der Waals surface area contributed by atoms with E-state index in [0.717, 1.165) is 6.07 Å². The van der Waals surface area contributed by atoms with Crippen LogP contribution < -0.4 is 5.32 Å². The zero-order valence-corrected chi connectivity index (χ0v) is 18.7. The number of guanidine groups is 1. The van der Waals surface area contributed by atoms with E-state index in [1.807, 2.05) is 25.7 Å². The van der Waals surface area contributed by atoms with Gasteiger partial charge in [-0.25, -0.2) is 17.2 Å². The molecule has 1 heterocycles. The predicted molar refractivity (Wildman–Crippen MR) is 114 cm³/mol. The Labute approximate surface area is 178 Å². The average molecular weight is 447 g/mol. The first-order valence-electron chi connectivity index (χ1n) is 10.3. The van der Waals surface area contributed by atoms with Gasteiger partial charge in [0.25, 0.3) is 0 Å². The van der Waals surface area contributed by atoms with Crippen LogP contribution in [-0.4, -0.2) is 81.3 Å². The lowest BCUT2D eigenvalue weighted by Crippen LogP contribution is -2.54. The Balaban J connectivity index is 1.90. The molecule has 30 heavy (non-hydrogen) atoms. The molecule has 7 nitrogen and oxygen atoms in total. The Morgan fingerprint density at radius 3 is 2.53 bits per heavy atom. The molecular formula is C20H32F2N4O3S. The van der Waals surface area contributed by atoms with E-state index in [-0.39, 0.29) is 18.5 Å². The molecule has 1 fully saturated rings. The molecule has 1 aliphatic heterocycles. The van der Waals surface area contributed by atoms with Crippen molar-refractivity contribution in [1.29, 1.82) is 0 Å². The van der Waals surface area contributed by atoms with Crippen molar-refractivity contribution in [3.05, 3.63) is 35.4 Å². The smallest absolute Gasteiger partial charge is 0.216 e. The maximum atomic E-state index is 13.8. The Morgan fingerprint density at radius 1 is 1.23 bits per heavy atom. The van der Waals surface area contributed by atoms with Crippen molar-refractivity contribution in [2.24, 2.45) is 4.99 Å². The minimum Gasteiger partial charge on any atom is -0.378 e. The molecule has 2 rings (SSSR count). The number of nitrogens with one attached hydrogen (secondary N) is 1. The minimum absolute atomic E-state index is 0.000630. The number of sulfonamides is 1. The molecule has 0 radical (unpaired) electrons. The van der Waals surface area contributed by atoms with Crippen LogP contribution in [0.5, 0.6) is 0 Å². The minimum atomic E-state index is -3.35. The number of benzene rings is 1. The van der Waals surface area contributed by atoms with Crippen LogP contribution in [-0.2, 0) is 21.2 Å². The lowest BCUT2D eigenvalue weighted by Gasteiger charge is -2.36. The summed E-state index contributed by atoms with van der Waals surface area (Å²) in [6.07, 6.45) is 0.352. The molecule has 1 saturated heterocycles. The highest BCUT2D eigenvalue weighted by molar-refractivity contribution is 7.89. The van der Waals surface area contributed by atoms with Crippen LogP contribution in [0, 0.1) is 11.6 Å². The van der Waals surface area contributed by atoms with E-state index in [1.54, 1.807) is 0 Å². The van der Waals surface area contributed by atoms with Gasteiger partial charge in [-0.3, -0.25) is 4.99 Å². The molecule has 1 aliphatic rings. The zero-order valence-electron chi connectivity index (χ0n) is 17.9. The summed E-state index contributed by atoms with van der Waals surface area (Å²) < 4.78 is 58.6. The van der Waals surface area contributed by atoms with Gasteiger partial charge in [0.05, 0.1) is 18.5 Å². The molecule has 1 N–H and O–H groups in total. The van der Waals surface area contributed by atoms with E-state index in [1.165, 1.54) is 16.4 Å². The van der Waals surface area contributed by atoms with Crippen LogP contribution >= 0.6 is 0 Å². The van der Waals surface area contributed by atoms with Crippen molar-refractivity contribution in [3.8, 4) is 0 Å². The molecule has 0 unspecified atom stereocenters. The van der Waals surface area contributed by atoms with E-state index >= 15 is 0 Å². The van der Waals surface area contributed by atoms with Crippen molar-refractivity contribution in [1.82, 2.24) is 14.5 Å². The molecule has 1 aromatic carbocycles. The van der Waals surface area contributed by atoms with Crippen molar-refractivity contribution >= 4 is 16.0 Å². The maximum Gasteiger partial charge on any atom is 0.216 e. The van der Waals surface area contributed by atoms with Gasteiger partial charge in [-0.05, 0) is 38.8 Å². The van der Waals surface area contributed by atoms with Crippen molar-refractivity contribution in [3.63, 3.8) is 0 Å². The van der Waals surface area contributed by atoms with Crippen LogP contribution in [0.1, 0.15) is 26.3 Å². The molecule has 0 atom stereocenters. The van der Waals surface area contributed by atoms with Gasteiger partial charge in [0, 0.05) is 45.3 Å². The average Bonchev–Trinajstić information content (AvgIpc) is 2.68. The maximum absolute atomic E-state index is 13.8. The second-order valence-corrected chi connectivity index (χ2v) is 9.43. The summed E-state index contributed by atoms with van der Waals surface area (Å²) in [6.45, 7) is 8.67. The monoisotopic (exact) mass is 446 g/mol. The summed E-state index contributed by atoms with van der Waals surface area (Å²) >= 11 is 0. The fourth-order valence-electron chi connectivity index (χ4n) is 3.13. The normalized spacial score (nSPS) is 16.3. The van der Waals surface area contributed by atoms with Crippen LogP contribution in [0.15, 0.2) is 23.2 Å². The second kappa shape index (κ2) is 11.6. The molecular weight excluding hydrogens is 414 g/mol. The summed E-state index contributed by atoms with van der Waals surface area (Å²) in [7, 11) is -3.35. The number of ether oxygens (including phenoxy) is 1. The number of rotatable bonds is 9. The molecule has 1 aromatic rings. The Hall–Kier alpha value is -1.78. The molecule has 170 valence electrons. The third-order valence-electron chi connectivity index (χ3n) is 4.72. The van der Waals surface area contributed by atoms with Crippen LogP contribution in [0.4, 0.5) is 8.78 Å². The van der Waals surface area contributed by atoms with Crippen molar-refractivity contribution in [2.75, 3.05) is 51.6 Å². The Morgan fingerprint density at radius 2 is 1.93 bits per heavy atom. The third-order valence-corrected chi connectivity index (χ3v) is 6.55. The topological polar surface area (TPSA) is 74.2 Å². The van der Waals surface area contributed by atoms with Gasteiger partial charge in [-0.1, -0.05) is 6.07 Å². The fourth-order valence-corrected chi connectivity index (χ4v) is 4.41. The molecule has 0 bridgehead atoms. The highest BCUT2D eigenvalue weighted by atomic mass is 32.2. The van der Waals surface area contributed by atoms with Gasteiger partial charge in [0.1, 0.15) is 11.6 Å². The van der Waals surface area contributed by atoms with Crippen molar-refractivity contribution < 1.29 is 21.9 Å². The molecule has 0 aromatic heterocycles. The van der Waals surface area contributed by atoms with E-state index < -0.39 is 21.7 Å². The summed E-state index contributed by atoms with van der Waals surface area (Å²) in [6, 6.07) is 3.54. The SMILES string of the molecule is CCNC(=NCCc1ccc(F)cc1F)N1CCN(S(=O)(=O)CCOC(C)C)CC1. The largest absolute Gasteiger partial charge is 0.378 e. The standard InChI is InChI=1S/C20H32F2N4O3S/c1-4-23-20(24-8-7-17-5-6-18(21)15-19(17)22)25-9-11-26(12-10-25)30(27,28)14-13-29-16(2)3/h5-6,15-16H,4,7-14H2,1-3H3,(H,23,24). The van der Waals surface area contributed by atoms with E-state index in [0.29, 0.717) is 57.2 Å². The molecule has 0 aliphatic carbocycles. The quantitative estimate of drug-likeness (QED) is 0.463. The van der Waals surface area contributed by atoms with E-state index in [2.05, 4.69) is 10.3 Å². The Bertz CT molecular complexity index is 810. The third kappa shape index (κ3) is 7.48. The zero-order chi connectivity index (χ0) is 22.1. The first kappa shape index (κ1) is 24.5. The van der Waals surface area contributed by atoms with Crippen LogP contribution in [0.3, 0.4) is 0 Å². The second-order valence-electron chi connectivity index (χ2n) is 7.34. The lowest BCUT2D eigenvalue weighted by molar-refractivity contribution is 0.0904. The van der Waals surface area contributed by atoms with Gasteiger partial charge >= 0.3 is 0 Å². The van der Waals surface area contributed by atoms with E-state index in [9.17, 15) is 17.2 Å². The number of halogens is 2. The lowest BCUT2D eigenvalue weighted by atomic mass is 10.1. The summed E-state index contributed by atoms with van der Waals surface area (Å²) in [5, 5.41) is 3.20. The molecule has 0 spiro atoms. The first-order chi connectivity index (χ1) is 14.2. The molecule has 0 amide bonds. The van der Waals surface area contributed by atoms with Crippen LogP contribution in [0.25, 0.3) is 0 Å². The predicted octanol–water partition coefficient (Wildman–Crippen LogP) is 1.85. The van der Waals surface area contributed by atoms with Crippen LogP contribution in [0.2, 0.25) is 0 Å². The number of nitrogens with zero attached hydrogens (tertiary/aromatic N) is 3. The molecule has 10 heteroatoms. The van der Waals surface area contributed by atoms with Gasteiger partial charge in [-0.2, -0.15) is 4.31 Å². The summed E-state index contributed by atoms with van der Waals surface area (Å²) in [5.41, 5.74) is 0.413. The van der Waals surface area contributed by atoms with Gasteiger partial charge in [0.15, 0.2) is 5.96 Å².